The highest BCUT2D eigenvalue weighted by atomic mass is 19.1. The molecule has 2 heteroatoms. The minimum absolute atomic E-state index is 0.154. The second-order valence-corrected chi connectivity index (χ2v) is 6.13. The van der Waals surface area contributed by atoms with Gasteiger partial charge in [0.05, 0.1) is 0 Å². The van der Waals surface area contributed by atoms with Crippen LogP contribution in [0.5, 0.6) is 0 Å². The summed E-state index contributed by atoms with van der Waals surface area (Å²) in [5.41, 5.74) is 8.61. The van der Waals surface area contributed by atoms with E-state index in [1.165, 1.54) is 37.7 Å². The minimum atomic E-state index is -0.154. The minimum Gasteiger partial charge on any atom is -0.327 e. The monoisotopic (exact) mass is 263 g/mol. The van der Waals surface area contributed by atoms with E-state index < -0.39 is 0 Å². The molecule has 19 heavy (non-hydrogen) atoms. The summed E-state index contributed by atoms with van der Waals surface area (Å²) in [4.78, 5) is 0. The Hall–Kier alpha value is -0.890. The smallest absolute Gasteiger partial charge is 0.123 e. The van der Waals surface area contributed by atoms with Gasteiger partial charge in [0.25, 0.3) is 0 Å². The SMILES string of the molecule is CCC1CCC(C(N)Cc2ccc(F)cc2C)CC1. The number of rotatable bonds is 4. The molecule has 1 aromatic rings. The molecule has 1 fully saturated rings. The van der Waals surface area contributed by atoms with Crippen molar-refractivity contribution in [1.29, 1.82) is 0 Å². The van der Waals surface area contributed by atoms with E-state index in [1.54, 1.807) is 12.1 Å². The predicted octanol–water partition coefficient (Wildman–Crippen LogP) is 4.22. The van der Waals surface area contributed by atoms with Gasteiger partial charge in [0.15, 0.2) is 0 Å². The van der Waals surface area contributed by atoms with Crippen LogP contribution in [0.25, 0.3) is 0 Å². The fourth-order valence-electron chi connectivity index (χ4n) is 3.33. The maximum absolute atomic E-state index is 13.1. The molecule has 1 nitrogen and oxygen atoms in total. The van der Waals surface area contributed by atoms with E-state index in [0.717, 1.165) is 17.9 Å². The molecule has 0 aromatic heterocycles. The Kier molecular flexibility index (Phi) is 4.98. The summed E-state index contributed by atoms with van der Waals surface area (Å²) in [5, 5.41) is 0. The van der Waals surface area contributed by atoms with Gasteiger partial charge in [0, 0.05) is 6.04 Å². The van der Waals surface area contributed by atoms with Gasteiger partial charge in [-0.05, 0) is 61.3 Å². The Balaban J connectivity index is 1.92. The van der Waals surface area contributed by atoms with Crippen molar-refractivity contribution < 1.29 is 4.39 Å². The Morgan fingerprint density at radius 1 is 1.26 bits per heavy atom. The third-order valence-electron chi connectivity index (χ3n) is 4.83. The molecule has 2 N–H and O–H groups in total. The van der Waals surface area contributed by atoms with Crippen LogP contribution in [0.2, 0.25) is 0 Å². The Morgan fingerprint density at radius 2 is 1.95 bits per heavy atom. The predicted molar refractivity (Wildman–Crippen MR) is 78.6 cm³/mol. The largest absolute Gasteiger partial charge is 0.327 e. The first-order chi connectivity index (χ1) is 9.10. The normalized spacial score (nSPS) is 25.3. The third kappa shape index (κ3) is 3.79. The zero-order valence-electron chi connectivity index (χ0n) is 12.2. The van der Waals surface area contributed by atoms with Gasteiger partial charge in [-0.3, -0.25) is 0 Å². The lowest BCUT2D eigenvalue weighted by Gasteiger charge is -2.32. The molecule has 0 heterocycles. The number of hydrogen-bond acceptors (Lipinski definition) is 1. The van der Waals surface area contributed by atoms with Gasteiger partial charge in [-0.15, -0.1) is 0 Å². The Labute approximate surface area is 116 Å². The number of hydrogen-bond donors (Lipinski definition) is 1. The van der Waals surface area contributed by atoms with Gasteiger partial charge in [-0.1, -0.05) is 32.3 Å². The van der Waals surface area contributed by atoms with Crippen molar-refractivity contribution in [3.63, 3.8) is 0 Å². The molecule has 1 aliphatic rings. The van der Waals surface area contributed by atoms with E-state index >= 15 is 0 Å². The molecular weight excluding hydrogens is 237 g/mol. The van der Waals surface area contributed by atoms with Crippen LogP contribution in [0.1, 0.15) is 50.2 Å². The van der Waals surface area contributed by atoms with Crippen LogP contribution in [-0.2, 0) is 6.42 Å². The number of aryl methyl sites for hydroxylation is 1. The summed E-state index contributed by atoms with van der Waals surface area (Å²) in [6.45, 7) is 4.26. The number of nitrogens with two attached hydrogens (primary N) is 1. The van der Waals surface area contributed by atoms with Crippen molar-refractivity contribution in [2.45, 2.75) is 58.4 Å². The molecule has 0 amide bonds. The van der Waals surface area contributed by atoms with Gasteiger partial charge in [0.2, 0.25) is 0 Å². The molecule has 2 rings (SSSR count). The molecule has 1 aromatic carbocycles. The topological polar surface area (TPSA) is 26.0 Å². The van der Waals surface area contributed by atoms with Crippen LogP contribution in [0.15, 0.2) is 18.2 Å². The van der Waals surface area contributed by atoms with E-state index in [0.29, 0.717) is 5.92 Å². The molecule has 106 valence electrons. The van der Waals surface area contributed by atoms with Crippen molar-refractivity contribution in [2.75, 3.05) is 0 Å². The average Bonchev–Trinajstić information content (AvgIpc) is 2.42. The van der Waals surface area contributed by atoms with E-state index in [-0.39, 0.29) is 11.9 Å². The second kappa shape index (κ2) is 6.51. The summed E-state index contributed by atoms with van der Waals surface area (Å²) in [7, 11) is 0. The summed E-state index contributed by atoms with van der Waals surface area (Å²) in [6.07, 6.45) is 7.38. The van der Waals surface area contributed by atoms with Gasteiger partial charge < -0.3 is 5.73 Å². The maximum atomic E-state index is 13.1. The molecule has 1 atom stereocenters. The van der Waals surface area contributed by atoms with Crippen LogP contribution >= 0.6 is 0 Å². The van der Waals surface area contributed by atoms with Crippen molar-refractivity contribution in [2.24, 2.45) is 17.6 Å². The lowest BCUT2D eigenvalue weighted by Crippen LogP contribution is -2.35. The van der Waals surface area contributed by atoms with Crippen molar-refractivity contribution in [3.05, 3.63) is 35.1 Å². The number of halogens is 1. The quantitative estimate of drug-likeness (QED) is 0.864. The maximum Gasteiger partial charge on any atom is 0.123 e. The van der Waals surface area contributed by atoms with Crippen LogP contribution in [-0.4, -0.2) is 6.04 Å². The molecule has 0 spiro atoms. The summed E-state index contributed by atoms with van der Waals surface area (Å²) >= 11 is 0. The molecule has 0 aliphatic heterocycles. The van der Waals surface area contributed by atoms with Crippen molar-refractivity contribution >= 4 is 0 Å². The molecular formula is C17H26FN. The van der Waals surface area contributed by atoms with Gasteiger partial charge in [-0.2, -0.15) is 0 Å². The van der Waals surface area contributed by atoms with Crippen LogP contribution in [0.4, 0.5) is 4.39 Å². The highest BCUT2D eigenvalue weighted by Gasteiger charge is 2.25. The van der Waals surface area contributed by atoms with Crippen LogP contribution in [0, 0.1) is 24.6 Å². The van der Waals surface area contributed by atoms with Gasteiger partial charge >= 0.3 is 0 Å². The summed E-state index contributed by atoms with van der Waals surface area (Å²) < 4.78 is 13.1. The molecule has 1 saturated carbocycles. The van der Waals surface area contributed by atoms with Crippen molar-refractivity contribution in [3.8, 4) is 0 Å². The van der Waals surface area contributed by atoms with E-state index in [2.05, 4.69) is 6.92 Å². The first-order valence-electron chi connectivity index (χ1n) is 7.60. The molecule has 0 saturated heterocycles. The lowest BCUT2D eigenvalue weighted by atomic mass is 9.76. The first-order valence-corrected chi connectivity index (χ1v) is 7.60. The summed E-state index contributed by atoms with van der Waals surface area (Å²) in [5.74, 6) is 1.40. The highest BCUT2D eigenvalue weighted by Crippen LogP contribution is 2.32. The highest BCUT2D eigenvalue weighted by molar-refractivity contribution is 5.27. The second-order valence-electron chi connectivity index (χ2n) is 6.13. The van der Waals surface area contributed by atoms with Crippen LogP contribution in [0.3, 0.4) is 0 Å². The summed E-state index contributed by atoms with van der Waals surface area (Å²) in [6, 6.07) is 5.27. The van der Waals surface area contributed by atoms with E-state index in [1.807, 2.05) is 13.0 Å². The van der Waals surface area contributed by atoms with E-state index in [4.69, 9.17) is 5.73 Å². The zero-order chi connectivity index (χ0) is 13.8. The van der Waals surface area contributed by atoms with Gasteiger partial charge in [-0.25, -0.2) is 4.39 Å². The first kappa shape index (κ1) is 14.5. The molecule has 0 bridgehead atoms. The zero-order valence-corrected chi connectivity index (χ0v) is 12.2. The fourth-order valence-corrected chi connectivity index (χ4v) is 3.33. The third-order valence-corrected chi connectivity index (χ3v) is 4.83. The molecule has 1 aliphatic carbocycles. The standard InChI is InChI=1S/C17H26FN/c1-3-13-4-6-14(7-5-13)17(19)11-15-8-9-16(18)10-12(15)2/h8-10,13-14,17H,3-7,11,19H2,1-2H3. The van der Waals surface area contributed by atoms with Gasteiger partial charge in [0.1, 0.15) is 5.82 Å². The number of benzene rings is 1. The Morgan fingerprint density at radius 3 is 2.53 bits per heavy atom. The lowest BCUT2D eigenvalue weighted by molar-refractivity contribution is 0.238. The van der Waals surface area contributed by atoms with Crippen LogP contribution < -0.4 is 5.73 Å². The molecule has 0 radical (unpaired) electrons. The molecule has 1 unspecified atom stereocenters. The van der Waals surface area contributed by atoms with E-state index in [9.17, 15) is 4.39 Å². The average molecular weight is 263 g/mol. The van der Waals surface area contributed by atoms with Crippen molar-refractivity contribution in [1.82, 2.24) is 0 Å². The Bertz CT molecular complexity index is 408. The fraction of sp³-hybridized carbons (Fsp3) is 0.647.